The van der Waals surface area contributed by atoms with Crippen LogP contribution in [-0.2, 0) is 25.5 Å². The fourth-order valence-electron chi connectivity index (χ4n) is 2.96. The Hall–Kier alpha value is -1.89. The van der Waals surface area contributed by atoms with Crippen LogP contribution in [0.25, 0.3) is 0 Å². The molecule has 6 nitrogen and oxygen atoms in total. The van der Waals surface area contributed by atoms with Gasteiger partial charge in [-0.15, -0.1) is 0 Å². The molecule has 0 aromatic heterocycles. The Kier molecular flexibility index (Phi) is 7.63. The minimum atomic E-state index is -0.267. The highest BCUT2D eigenvalue weighted by Crippen LogP contribution is 2.18. The smallest absolute Gasteiger partial charge is 0.310 e. The molecular weight excluding hydrogens is 400 g/mol. The van der Waals surface area contributed by atoms with Crippen molar-refractivity contribution in [3.05, 3.63) is 34.3 Å². The number of ether oxygens (including phenoxy) is 1. The maximum Gasteiger partial charge on any atom is 0.310 e. The molecule has 2 amide bonds. The number of likely N-dealkylation sites (N-methyl/N-ethyl adjacent to an activating group) is 1. The zero-order chi connectivity index (χ0) is 19.1. The van der Waals surface area contributed by atoms with E-state index in [0.29, 0.717) is 19.7 Å². The van der Waals surface area contributed by atoms with Gasteiger partial charge in [-0.05, 0) is 37.5 Å². The van der Waals surface area contributed by atoms with Crippen LogP contribution in [-0.4, -0.2) is 60.9 Å². The molecule has 1 unspecified atom stereocenters. The number of piperidine rings is 1. The third kappa shape index (κ3) is 5.83. The molecule has 1 aliphatic rings. The zero-order valence-corrected chi connectivity index (χ0v) is 16.8. The molecule has 1 heterocycles. The summed E-state index contributed by atoms with van der Waals surface area (Å²) in [6.45, 7) is 3.12. The van der Waals surface area contributed by atoms with Gasteiger partial charge in [0.2, 0.25) is 11.8 Å². The predicted molar refractivity (Wildman–Crippen MR) is 101 cm³/mol. The van der Waals surface area contributed by atoms with Gasteiger partial charge in [-0.2, -0.15) is 0 Å². The minimum absolute atomic E-state index is 0.0188. The molecular formula is C19H25BrN2O4. The van der Waals surface area contributed by atoms with E-state index in [4.69, 9.17) is 4.74 Å². The van der Waals surface area contributed by atoms with Crippen LogP contribution in [0.5, 0.6) is 0 Å². The predicted octanol–water partition coefficient (Wildman–Crippen LogP) is 2.25. The van der Waals surface area contributed by atoms with E-state index in [1.165, 1.54) is 4.90 Å². The van der Waals surface area contributed by atoms with E-state index in [-0.39, 0.29) is 36.7 Å². The maximum absolute atomic E-state index is 12.5. The Labute approximate surface area is 162 Å². The number of carbonyl (C=O) groups excluding carboxylic acids is 3. The highest BCUT2D eigenvalue weighted by atomic mass is 79.9. The number of benzene rings is 1. The van der Waals surface area contributed by atoms with Crippen molar-refractivity contribution >= 4 is 33.7 Å². The minimum Gasteiger partial charge on any atom is -0.466 e. The normalized spacial score (nSPS) is 16.9. The molecule has 1 atom stereocenters. The van der Waals surface area contributed by atoms with Crippen LogP contribution in [0.15, 0.2) is 28.7 Å². The first kappa shape index (κ1) is 20.4. The second-order valence-electron chi connectivity index (χ2n) is 6.48. The molecule has 1 fully saturated rings. The topological polar surface area (TPSA) is 66.9 Å². The quantitative estimate of drug-likeness (QED) is 0.656. The van der Waals surface area contributed by atoms with Crippen molar-refractivity contribution in [1.82, 2.24) is 9.80 Å². The van der Waals surface area contributed by atoms with Crippen molar-refractivity contribution in [3.8, 4) is 0 Å². The number of carbonyl (C=O) groups is 3. The lowest BCUT2D eigenvalue weighted by atomic mass is 9.98. The fraction of sp³-hybridized carbons (Fsp3) is 0.526. The highest BCUT2D eigenvalue weighted by molar-refractivity contribution is 9.10. The molecule has 0 saturated carbocycles. The van der Waals surface area contributed by atoms with Crippen molar-refractivity contribution in [2.45, 2.75) is 26.2 Å². The van der Waals surface area contributed by atoms with Gasteiger partial charge in [-0.3, -0.25) is 14.4 Å². The average molecular weight is 425 g/mol. The Balaban J connectivity index is 1.86. The van der Waals surface area contributed by atoms with Gasteiger partial charge in [-0.25, -0.2) is 0 Å². The first-order valence-corrected chi connectivity index (χ1v) is 9.62. The number of hydrogen-bond acceptors (Lipinski definition) is 4. The summed E-state index contributed by atoms with van der Waals surface area (Å²) < 4.78 is 6.02. The van der Waals surface area contributed by atoms with Crippen molar-refractivity contribution in [3.63, 3.8) is 0 Å². The van der Waals surface area contributed by atoms with Gasteiger partial charge < -0.3 is 14.5 Å². The summed E-state index contributed by atoms with van der Waals surface area (Å²) in [5, 5.41) is 0. The van der Waals surface area contributed by atoms with Crippen LogP contribution < -0.4 is 0 Å². The van der Waals surface area contributed by atoms with E-state index in [1.807, 2.05) is 24.3 Å². The van der Waals surface area contributed by atoms with Gasteiger partial charge >= 0.3 is 5.97 Å². The van der Waals surface area contributed by atoms with Crippen molar-refractivity contribution in [2.24, 2.45) is 5.92 Å². The number of amides is 2. The molecule has 0 spiro atoms. The van der Waals surface area contributed by atoms with E-state index < -0.39 is 0 Å². The standard InChI is InChI=1S/C19H25BrN2O4/c1-3-26-19(25)15-5-4-10-22(12-15)18(24)13-21(2)17(23)11-14-6-8-16(20)9-7-14/h6-9,15H,3-5,10-13H2,1-2H3. The third-order valence-electron chi connectivity index (χ3n) is 4.46. The average Bonchev–Trinajstić information content (AvgIpc) is 2.63. The summed E-state index contributed by atoms with van der Waals surface area (Å²) in [5.41, 5.74) is 0.901. The SMILES string of the molecule is CCOC(=O)C1CCCN(C(=O)CN(C)C(=O)Cc2ccc(Br)cc2)C1. The molecule has 1 aliphatic heterocycles. The molecule has 0 N–H and O–H groups in total. The molecule has 1 saturated heterocycles. The summed E-state index contributed by atoms with van der Waals surface area (Å²) in [7, 11) is 1.63. The summed E-state index contributed by atoms with van der Waals surface area (Å²) in [5.74, 6) is -0.758. The number of rotatable bonds is 6. The molecule has 1 aromatic carbocycles. The largest absolute Gasteiger partial charge is 0.466 e. The Bertz CT molecular complexity index is 647. The lowest BCUT2D eigenvalue weighted by molar-refractivity contribution is -0.152. The molecule has 0 radical (unpaired) electrons. The van der Waals surface area contributed by atoms with E-state index in [2.05, 4.69) is 15.9 Å². The van der Waals surface area contributed by atoms with Gasteiger partial charge in [0.25, 0.3) is 0 Å². The van der Waals surface area contributed by atoms with E-state index >= 15 is 0 Å². The van der Waals surface area contributed by atoms with Gasteiger partial charge in [0.1, 0.15) is 0 Å². The molecule has 26 heavy (non-hydrogen) atoms. The van der Waals surface area contributed by atoms with E-state index in [1.54, 1.807) is 18.9 Å². The summed E-state index contributed by atoms with van der Waals surface area (Å²) >= 11 is 3.36. The fourth-order valence-corrected chi connectivity index (χ4v) is 3.22. The first-order valence-electron chi connectivity index (χ1n) is 8.83. The number of nitrogens with zero attached hydrogens (tertiary/aromatic N) is 2. The van der Waals surface area contributed by atoms with E-state index in [0.717, 1.165) is 22.9 Å². The molecule has 1 aromatic rings. The monoisotopic (exact) mass is 424 g/mol. The second-order valence-corrected chi connectivity index (χ2v) is 7.40. The lowest BCUT2D eigenvalue weighted by Crippen LogP contribution is -2.47. The van der Waals surface area contributed by atoms with E-state index in [9.17, 15) is 14.4 Å². The van der Waals surface area contributed by atoms with Crippen LogP contribution in [0, 0.1) is 5.92 Å². The van der Waals surface area contributed by atoms with Crippen LogP contribution in [0.4, 0.5) is 0 Å². The molecule has 2 rings (SSSR count). The van der Waals surface area contributed by atoms with Crippen LogP contribution in [0.3, 0.4) is 0 Å². The Morgan fingerprint density at radius 1 is 1.27 bits per heavy atom. The highest BCUT2D eigenvalue weighted by Gasteiger charge is 2.30. The van der Waals surface area contributed by atoms with Gasteiger partial charge in [0.05, 0.1) is 25.5 Å². The lowest BCUT2D eigenvalue weighted by Gasteiger charge is -2.32. The van der Waals surface area contributed by atoms with Gasteiger partial charge in [0, 0.05) is 24.6 Å². The second kappa shape index (κ2) is 9.71. The van der Waals surface area contributed by atoms with Gasteiger partial charge in [-0.1, -0.05) is 28.1 Å². The van der Waals surface area contributed by atoms with Crippen LogP contribution in [0.2, 0.25) is 0 Å². The Morgan fingerprint density at radius 3 is 2.62 bits per heavy atom. The number of esters is 1. The van der Waals surface area contributed by atoms with Crippen LogP contribution in [0.1, 0.15) is 25.3 Å². The molecule has 0 bridgehead atoms. The number of likely N-dealkylation sites (tertiary alicyclic amines) is 1. The van der Waals surface area contributed by atoms with Crippen LogP contribution >= 0.6 is 15.9 Å². The Morgan fingerprint density at radius 2 is 1.96 bits per heavy atom. The first-order chi connectivity index (χ1) is 12.4. The van der Waals surface area contributed by atoms with Crippen molar-refractivity contribution in [2.75, 3.05) is 33.3 Å². The third-order valence-corrected chi connectivity index (χ3v) is 4.99. The molecule has 142 valence electrons. The van der Waals surface area contributed by atoms with Gasteiger partial charge in [0.15, 0.2) is 0 Å². The summed E-state index contributed by atoms with van der Waals surface area (Å²) in [4.78, 5) is 39.9. The molecule has 7 heteroatoms. The number of halogens is 1. The van der Waals surface area contributed by atoms with Crippen molar-refractivity contribution in [1.29, 1.82) is 0 Å². The maximum atomic E-state index is 12.5. The molecule has 0 aliphatic carbocycles. The summed E-state index contributed by atoms with van der Waals surface area (Å²) in [6, 6.07) is 7.53. The number of hydrogen-bond donors (Lipinski definition) is 0. The summed E-state index contributed by atoms with van der Waals surface area (Å²) in [6.07, 6.45) is 1.76. The zero-order valence-electron chi connectivity index (χ0n) is 15.2. The van der Waals surface area contributed by atoms with Crippen molar-refractivity contribution < 1.29 is 19.1 Å².